The van der Waals surface area contributed by atoms with E-state index in [0.717, 1.165) is 16.7 Å². The van der Waals surface area contributed by atoms with Crippen molar-refractivity contribution in [2.45, 2.75) is 118 Å². The molecule has 0 N–H and O–H groups in total. The highest BCUT2D eigenvalue weighted by Crippen LogP contribution is 2.43. The van der Waals surface area contributed by atoms with Crippen molar-refractivity contribution in [3.8, 4) is 5.75 Å². The predicted octanol–water partition coefficient (Wildman–Crippen LogP) is 6.37. The van der Waals surface area contributed by atoms with Crippen LogP contribution < -0.4 is 4.74 Å². The fourth-order valence-electron chi connectivity index (χ4n) is 5.39. The SMILES string of the molecule is Cc1cc(C)c(OC(=O)CC(=O)CC(=O)CC(=O)C[C@H](C)O[Si](C(C)C)(C(C)C)C(C)C)c(C)c1. The molecule has 1 atom stereocenters. The number of ketones is 3. The summed E-state index contributed by atoms with van der Waals surface area (Å²) in [5.74, 6) is -1.55. The standard InChI is InChI=1S/C28H44O6Si/c1-17(2)35(18(3)4,19(5)6)34-23(10)13-24(29)14-25(30)15-26(31)16-27(32)33-28-21(8)11-20(7)12-22(28)9/h11-12,17-19,23H,13-16H2,1-10H3/t23-/m0/s1. The van der Waals surface area contributed by atoms with Crippen molar-refractivity contribution < 1.29 is 28.3 Å². The molecule has 0 fully saturated rings. The first kappa shape index (κ1) is 30.9. The highest BCUT2D eigenvalue weighted by molar-refractivity contribution is 6.77. The molecule has 0 aromatic heterocycles. The topological polar surface area (TPSA) is 86.7 Å². The Kier molecular flexibility index (Phi) is 11.7. The molecule has 1 aromatic rings. The maximum atomic E-state index is 12.5. The van der Waals surface area contributed by atoms with E-state index in [0.29, 0.717) is 22.4 Å². The summed E-state index contributed by atoms with van der Waals surface area (Å²) >= 11 is 0. The number of rotatable bonds is 14. The average Bonchev–Trinajstić information content (AvgIpc) is 2.67. The van der Waals surface area contributed by atoms with E-state index in [9.17, 15) is 19.2 Å². The summed E-state index contributed by atoms with van der Waals surface area (Å²) in [5, 5.41) is 0. The van der Waals surface area contributed by atoms with Gasteiger partial charge in [-0.25, -0.2) is 0 Å². The van der Waals surface area contributed by atoms with Gasteiger partial charge >= 0.3 is 5.97 Å². The van der Waals surface area contributed by atoms with Gasteiger partial charge in [-0.2, -0.15) is 0 Å². The van der Waals surface area contributed by atoms with Gasteiger partial charge < -0.3 is 9.16 Å². The Morgan fingerprint density at radius 1 is 0.714 bits per heavy atom. The summed E-state index contributed by atoms with van der Waals surface area (Å²) in [7, 11) is -2.13. The lowest BCUT2D eigenvalue weighted by molar-refractivity contribution is -0.138. The van der Waals surface area contributed by atoms with Gasteiger partial charge in [-0.15, -0.1) is 0 Å². The molecule has 0 spiro atoms. The third-order valence-corrected chi connectivity index (χ3v) is 12.8. The Morgan fingerprint density at radius 3 is 1.60 bits per heavy atom. The van der Waals surface area contributed by atoms with Crippen molar-refractivity contribution in [3.05, 3.63) is 28.8 Å². The predicted molar refractivity (Wildman–Crippen MR) is 141 cm³/mol. The summed E-state index contributed by atoms with van der Waals surface area (Å²) in [6, 6.07) is 3.79. The molecule has 196 valence electrons. The minimum absolute atomic E-state index is 0.134. The fraction of sp³-hybridized carbons (Fsp3) is 0.643. The lowest BCUT2D eigenvalue weighted by Gasteiger charge is -2.44. The van der Waals surface area contributed by atoms with Crippen LogP contribution in [0, 0.1) is 20.8 Å². The maximum absolute atomic E-state index is 12.5. The molecule has 35 heavy (non-hydrogen) atoms. The molecular weight excluding hydrogens is 460 g/mol. The molecule has 0 radical (unpaired) electrons. The Labute approximate surface area is 212 Å². The summed E-state index contributed by atoms with van der Waals surface area (Å²) in [4.78, 5) is 49.3. The van der Waals surface area contributed by atoms with E-state index in [2.05, 4.69) is 41.5 Å². The largest absolute Gasteiger partial charge is 0.426 e. The molecule has 0 unspecified atom stereocenters. The molecule has 6 nitrogen and oxygen atoms in total. The minimum Gasteiger partial charge on any atom is -0.426 e. The number of esters is 1. The lowest BCUT2D eigenvalue weighted by atomic mass is 10.0. The zero-order valence-corrected chi connectivity index (χ0v) is 24.2. The molecule has 1 aromatic carbocycles. The van der Waals surface area contributed by atoms with Crippen molar-refractivity contribution in [2.24, 2.45) is 0 Å². The van der Waals surface area contributed by atoms with E-state index in [1.165, 1.54) is 0 Å². The average molecular weight is 505 g/mol. The second kappa shape index (κ2) is 13.3. The van der Waals surface area contributed by atoms with Crippen LogP contribution in [0.2, 0.25) is 16.6 Å². The van der Waals surface area contributed by atoms with E-state index in [4.69, 9.17) is 9.16 Å². The third kappa shape index (κ3) is 8.80. The van der Waals surface area contributed by atoms with E-state index >= 15 is 0 Å². The van der Waals surface area contributed by atoms with Crippen LogP contribution in [0.25, 0.3) is 0 Å². The Balaban J connectivity index is 2.61. The van der Waals surface area contributed by atoms with E-state index < -0.39 is 38.7 Å². The lowest BCUT2D eigenvalue weighted by Crippen LogP contribution is -2.50. The number of hydrogen-bond donors (Lipinski definition) is 0. The molecule has 0 aliphatic rings. The van der Waals surface area contributed by atoms with Gasteiger partial charge in [-0.1, -0.05) is 59.2 Å². The first-order valence-corrected chi connectivity index (χ1v) is 14.8. The molecule has 0 saturated heterocycles. The normalized spacial score (nSPS) is 12.8. The summed E-state index contributed by atoms with van der Waals surface area (Å²) < 4.78 is 11.9. The van der Waals surface area contributed by atoms with Gasteiger partial charge in [0.25, 0.3) is 0 Å². The van der Waals surface area contributed by atoms with Crippen LogP contribution >= 0.6 is 0 Å². The van der Waals surface area contributed by atoms with Crippen LogP contribution in [0.1, 0.15) is 90.8 Å². The van der Waals surface area contributed by atoms with Crippen LogP contribution in [0.3, 0.4) is 0 Å². The third-order valence-electron chi connectivity index (χ3n) is 6.58. The molecule has 0 saturated carbocycles. The van der Waals surface area contributed by atoms with Crippen LogP contribution in [-0.2, 0) is 23.6 Å². The van der Waals surface area contributed by atoms with E-state index in [1.807, 2.05) is 39.8 Å². The number of Topliss-reactive ketones (excluding diaryl/α,β-unsaturated/α-hetero) is 3. The minimum atomic E-state index is -2.13. The molecule has 7 heteroatoms. The molecular formula is C28H44O6Si. The number of benzene rings is 1. The van der Waals surface area contributed by atoms with Crippen molar-refractivity contribution >= 4 is 31.6 Å². The number of carbonyl (C=O) groups is 4. The zero-order chi connectivity index (χ0) is 27.1. The van der Waals surface area contributed by atoms with Crippen LogP contribution in [0.15, 0.2) is 12.1 Å². The molecule has 0 aliphatic heterocycles. The van der Waals surface area contributed by atoms with Crippen molar-refractivity contribution in [1.82, 2.24) is 0 Å². The van der Waals surface area contributed by atoms with Crippen LogP contribution in [-0.4, -0.2) is 37.7 Å². The van der Waals surface area contributed by atoms with Gasteiger partial charge in [0.05, 0.1) is 12.8 Å². The van der Waals surface area contributed by atoms with Gasteiger partial charge in [0.15, 0.2) is 5.78 Å². The van der Waals surface area contributed by atoms with Gasteiger partial charge in [0, 0.05) is 12.5 Å². The number of carbonyl (C=O) groups excluding carboxylic acids is 4. The molecule has 0 amide bonds. The Hall–Kier alpha value is -2.12. The zero-order valence-electron chi connectivity index (χ0n) is 23.2. The van der Waals surface area contributed by atoms with Gasteiger partial charge in [-0.3, -0.25) is 19.2 Å². The smallest absolute Gasteiger partial charge is 0.318 e. The second-order valence-electron chi connectivity index (χ2n) is 10.8. The summed E-state index contributed by atoms with van der Waals surface area (Å²) in [6.45, 7) is 20.6. The van der Waals surface area contributed by atoms with Gasteiger partial charge in [-0.05, 0) is 55.4 Å². The van der Waals surface area contributed by atoms with Gasteiger partial charge in [0.2, 0.25) is 8.32 Å². The van der Waals surface area contributed by atoms with Crippen molar-refractivity contribution in [3.63, 3.8) is 0 Å². The first-order chi connectivity index (χ1) is 16.1. The first-order valence-electron chi connectivity index (χ1n) is 12.6. The number of ether oxygens (including phenoxy) is 1. The fourth-order valence-corrected chi connectivity index (χ4v) is 11.0. The van der Waals surface area contributed by atoms with Crippen molar-refractivity contribution in [2.75, 3.05) is 0 Å². The number of hydrogen-bond acceptors (Lipinski definition) is 6. The van der Waals surface area contributed by atoms with E-state index in [1.54, 1.807) is 0 Å². The Bertz CT molecular complexity index is 887. The monoisotopic (exact) mass is 504 g/mol. The molecule has 0 aliphatic carbocycles. The van der Waals surface area contributed by atoms with Crippen LogP contribution in [0.5, 0.6) is 5.75 Å². The number of aryl methyl sites for hydroxylation is 3. The van der Waals surface area contributed by atoms with E-state index in [-0.39, 0.29) is 24.7 Å². The highest BCUT2D eigenvalue weighted by atomic mass is 28.4. The summed E-state index contributed by atoms with van der Waals surface area (Å²) in [5.41, 5.74) is 3.85. The summed E-state index contributed by atoms with van der Waals surface area (Å²) in [6.07, 6.45) is -1.44. The van der Waals surface area contributed by atoms with Gasteiger partial charge in [0.1, 0.15) is 23.7 Å². The molecule has 1 rings (SSSR count). The van der Waals surface area contributed by atoms with Crippen molar-refractivity contribution in [1.29, 1.82) is 0 Å². The van der Waals surface area contributed by atoms with Crippen LogP contribution in [0.4, 0.5) is 0 Å². The maximum Gasteiger partial charge on any atom is 0.318 e. The molecule has 0 heterocycles. The quantitative estimate of drug-likeness (QED) is 0.127. The molecule has 0 bridgehead atoms. The Morgan fingerprint density at radius 2 is 1.14 bits per heavy atom. The second-order valence-corrected chi connectivity index (χ2v) is 16.2. The highest BCUT2D eigenvalue weighted by Gasteiger charge is 2.46.